The van der Waals surface area contributed by atoms with Crippen LogP contribution in [0.5, 0.6) is 5.75 Å². The highest BCUT2D eigenvalue weighted by molar-refractivity contribution is 6.13. The van der Waals surface area contributed by atoms with Crippen molar-refractivity contribution in [2.24, 2.45) is 0 Å². The molecule has 0 aliphatic carbocycles. The molecule has 0 aliphatic rings. The first kappa shape index (κ1) is 33.0. The number of para-hydroxylation sites is 4. The van der Waals surface area contributed by atoms with Crippen LogP contribution in [0.25, 0.3) is 94.6 Å². The Bertz CT molecular complexity index is 3030. The largest absolute Gasteiger partial charge is 0.507 e. The quantitative estimate of drug-likeness (QED) is 0.179. The van der Waals surface area contributed by atoms with E-state index in [0.29, 0.717) is 11.3 Å². The first-order valence-corrected chi connectivity index (χ1v) is 18.8. The minimum absolute atomic E-state index is 0.192. The molecule has 4 nitrogen and oxygen atoms in total. The van der Waals surface area contributed by atoms with Gasteiger partial charge in [0.25, 0.3) is 0 Å². The van der Waals surface area contributed by atoms with Gasteiger partial charge in [0.15, 0.2) is 0 Å². The summed E-state index contributed by atoms with van der Waals surface area (Å²) < 4.78 is 2.38. The number of fused-ring (bicyclic) bond motifs is 3. The number of aromatic hydroxyl groups is 1. The summed E-state index contributed by atoms with van der Waals surface area (Å²) in [6.07, 6.45) is 1.92. The lowest BCUT2D eigenvalue weighted by molar-refractivity contribution is 0.477. The number of phenols is 1. The molecule has 0 radical (unpaired) electrons. The van der Waals surface area contributed by atoms with Gasteiger partial charge in [-0.05, 0) is 101 Å². The summed E-state index contributed by atoms with van der Waals surface area (Å²) in [5.41, 5.74) is 14.9. The molecule has 0 saturated carbocycles. The molecule has 0 aliphatic heterocycles. The number of hydrogen-bond donors (Lipinski definition) is 1. The van der Waals surface area contributed by atoms with Crippen LogP contribution in [0, 0.1) is 0 Å². The Kier molecular flexibility index (Phi) is 8.27. The van der Waals surface area contributed by atoms with E-state index in [-0.39, 0.29) is 5.75 Å². The van der Waals surface area contributed by atoms with E-state index in [2.05, 4.69) is 156 Å². The fourth-order valence-electron chi connectivity index (χ4n) is 7.88. The number of aromatic nitrogens is 3. The third-order valence-electron chi connectivity index (χ3n) is 10.5. The summed E-state index contributed by atoms with van der Waals surface area (Å²) in [7, 11) is 0. The summed E-state index contributed by atoms with van der Waals surface area (Å²) in [5.74, 6) is 0.192. The molecule has 3 heterocycles. The van der Waals surface area contributed by atoms with Crippen molar-refractivity contribution in [1.82, 2.24) is 14.5 Å². The molecule has 0 spiro atoms. The molecule has 0 bridgehead atoms. The van der Waals surface area contributed by atoms with Crippen molar-refractivity contribution in [2.45, 2.75) is 0 Å². The van der Waals surface area contributed by atoms with E-state index in [1.165, 1.54) is 16.3 Å². The zero-order chi connectivity index (χ0) is 37.4. The Balaban J connectivity index is 1.18. The summed E-state index contributed by atoms with van der Waals surface area (Å²) in [6.45, 7) is 0. The summed E-state index contributed by atoms with van der Waals surface area (Å²) in [6, 6.07) is 69.1. The molecule has 4 heteroatoms. The van der Waals surface area contributed by atoms with Crippen molar-refractivity contribution in [3.63, 3.8) is 0 Å². The molecule has 56 heavy (non-hydrogen) atoms. The van der Waals surface area contributed by atoms with Crippen LogP contribution in [0.2, 0.25) is 0 Å². The molecule has 10 rings (SSSR count). The minimum atomic E-state index is 0.192. The van der Waals surface area contributed by atoms with Crippen molar-refractivity contribution in [1.29, 1.82) is 0 Å². The van der Waals surface area contributed by atoms with Gasteiger partial charge in [0.1, 0.15) is 5.75 Å². The average Bonchev–Trinajstić information content (AvgIpc) is 3.62. The van der Waals surface area contributed by atoms with Gasteiger partial charge in [-0.2, -0.15) is 0 Å². The molecule has 7 aromatic carbocycles. The molecule has 0 unspecified atom stereocenters. The number of nitrogens with zero attached hydrogens (tertiary/aromatic N) is 3. The van der Waals surface area contributed by atoms with Gasteiger partial charge in [0.2, 0.25) is 0 Å². The second-order valence-corrected chi connectivity index (χ2v) is 14.0. The van der Waals surface area contributed by atoms with Crippen LogP contribution in [-0.4, -0.2) is 19.6 Å². The lowest BCUT2D eigenvalue weighted by atomic mass is 9.94. The summed E-state index contributed by atoms with van der Waals surface area (Å²) >= 11 is 0. The molecule has 3 aromatic heterocycles. The van der Waals surface area contributed by atoms with Crippen LogP contribution in [0.15, 0.2) is 206 Å². The maximum Gasteiger partial charge on any atom is 0.124 e. The van der Waals surface area contributed by atoms with E-state index in [9.17, 15) is 5.11 Å². The second-order valence-electron chi connectivity index (χ2n) is 14.0. The van der Waals surface area contributed by atoms with Crippen molar-refractivity contribution >= 4 is 21.8 Å². The van der Waals surface area contributed by atoms with E-state index >= 15 is 0 Å². The molecular weight excluding hydrogens is 683 g/mol. The third kappa shape index (κ3) is 6.00. The Morgan fingerprint density at radius 2 is 0.929 bits per heavy atom. The molecule has 1 N–H and O–H groups in total. The number of hydrogen-bond acceptors (Lipinski definition) is 3. The van der Waals surface area contributed by atoms with Gasteiger partial charge >= 0.3 is 0 Å². The van der Waals surface area contributed by atoms with Crippen molar-refractivity contribution in [3.05, 3.63) is 206 Å². The zero-order valence-electron chi connectivity index (χ0n) is 30.4. The standard InChI is InChI=1S/C52H35N3O/c56-51-26-13-11-22-46(51)49-34-39(36-17-6-2-7-18-36)33-48(54-49)41-30-38(35-15-4-1-5-16-35)29-40(31-41)47-32-37(27-28-53-47)43-23-14-24-45-44-21-10-12-25-50(44)55(52(43)45)42-19-8-3-9-20-42/h1-34,56H. The minimum Gasteiger partial charge on any atom is -0.507 e. The third-order valence-corrected chi connectivity index (χ3v) is 10.5. The lowest BCUT2D eigenvalue weighted by Crippen LogP contribution is -1.96. The molecule has 0 amide bonds. The molecular formula is C52H35N3O. The van der Waals surface area contributed by atoms with E-state index in [0.717, 1.165) is 67.1 Å². The van der Waals surface area contributed by atoms with Crippen LogP contribution < -0.4 is 0 Å². The van der Waals surface area contributed by atoms with Crippen molar-refractivity contribution in [3.8, 4) is 78.6 Å². The predicted molar refractivity (Wildman–Crippen MR) is 231 cm³/mol. The fourth-order valence-corrected chi connectivity index (χ4v) is 7.88. The van der Waals surface area contributed by atoms with Gasteiger partial charge in [-0.1, -0.05) is 127 Å². The van der Waals surface area contributed by atoms with Gasteiger partial charge in [0.05, 0.1) is 28.1 Å². The molecule has 0 saturated heterocycles. The van der Waals surface area contributed by atoms with Crippen LogP contribution in [-0.2, 0) is 0 Å². The van der Waals surface area contributed by atoms with Gasteiger partial charge in [-0.15, -0.1) is 0 Å². The maximum atomic E-state index is 10.9. The Labute approximate surface area is 325 Å². The van der Waals surface area contributed by atoms with Gasteiger partial charge in [0, 0.05) is 44.9 Å². The van der Waals surface area contributed by atoms with E-state index < -0.39 is 0 Å². The van der Waals surface area contributed by atoms with Gasteiger partial charge in [-0.25, -0.2) is 4.98 Å². The normalized spacial score (nSPS) is 11.3. The van der Waals surface area contributed by atoms with E-state index in [1.54, 1.807) is 6.07 Å². The Hall–Kier alpha value is -7.56. The van der Waals surface area contributed by atoms with Gasteiger partial charge < -0.3 is 9.67 Å². The molecule has 0 fully saturated rings. The van der Waals surface area contributed by atoms with E-state index in [1.807, 2.05) is 48.7 Å². The number of pyridine rings is 2. The van der Waals surface area contributed by atoms with Crippen molar-refractivity contribution < 1.29 is 5.11 Å². The smallest absolute Gasteiger partial charge is 0.124 e. The van der Waals surface area contributed by atoms with Crippen molar-refractivity contribution in [2.75, 3.05) is 0 Å². The highest BCUT2D eigenvalue weighted by atomic mass is 16.3. The first-order valence-electron chi connectivity index (χ1n) is 18.8. The lowest BCUT2D eigenvalue weighted by Gasteiger charge is -2.15. The summed E-state index contributed by atoms with van der Waals surface area (Å²) in [4.78, 5) is 10.2. The van der Waals surface area contributed by atoms with Crippen LogP contribution in [0.3, 0.4) is 0 Å². The summed E-state index contributed by atoms with van der Waals surface area (Å²) in [5, 5.41) is 13.4. The average molecular weight is 718 g/mol. The van der Waals surface area contributed by atoms with E-state index in [4.69, 9.17) is 9.97 Å². The number of phenolic OH excluding ortho intramolecular Hbond substituents is 1. The fraction of sp³-hybridized carbons (Fsp3) is 0. The maximum absolute atomic E-state index is 10.9. The highest BCUT2D eigenvalue weighted by Gasteiger charge is 2.18. The predicted octanol–water partition coefficient (Wildman–Crippen LogP) is 13.3. The number of rotatable bonds is 7. The first-order chi connectivity index (χ1) is 27.7. The SMILES string of the molecule is Oc1ccccc1-c1cc(-c2ccccc2)cc(-c2cc(-c3ccccc3)cc(-c3cc(-c4cccc5c6ccccc6n(-c6ccccc6)c45)ccn3)c2)n1. The Morgan fingerprint density at radius 3 is 1.68 bits per heavy atom. The second kappa shape index (κ2) is 14.0. The molecule has 10 aromatic rings. The molecule has 0 atom stereocenters. The Morgan fingerprint density at radius 1 is 0.375 bits per heavy atom. The monoisotopic (exact) mass is 717 g/mol. The zero-order valence-corrected chi connectivity index (χ0v) is 30.4. The highest BCUT2D eigenvalue weighted by Crippen LogP contribution is 2.40. The topological polar surface area (TPSA) is 50.9 Å². The van der Waals surface area contributed by atoms with Crippen LogP contribution in [0.4, 0.5) is 0 Å². The van der Waals surface area contributed by atoms with Crippen LogP contribution >= 0.6 is 0 Å². The number of benzene rings is 7. The molecule has 264 valence electrons. The van der Waals surface area contributed by atoms with Crippen LogP contribution in [0.1, 0.15) is 0 Å². The van der Waals surface area contributed by atoms with Gasteiger partial charge in [-0.3, -0.25) is 4.98 Å².